The van der Waals surface area contributed by atoms with E-state index in [0.29, 0.717) is 23.8 Å². The predicted octanol–water partition coefficient (Wildman–Crippen LogP) is 3.98. The number of amides is 1. The first-order chi connectivity index (χ1) is 21.3. The monoisotopic (exact) mass is 709 g/mol. The fraction of sp³-hybridized carbons (Fsp3) is 0.0800. The van der Waals surface area contributed by atoms with E-state index in [1.807, 2.05) is 6.07 Å². The summed E-state index contributed by atoms with van der Waals surface area (Å²) in [6.07, 6.45) is -0.710. The number of benzene rings is 3. The molecule has 0 radical (unpaired) electrons. The molecule has 1 aromatic heterocycles. The topological polar surface area (TPSA) is 304 Å². The molecule has 0 aliphatic carbocycles. The summed E-state index contributed by atoms with van der Waals surface area (Å²) in [6.45, 7) is 0. The van der Waals surface area contributed by atoms with E-state index in [4.69, 9.17) is 10.8 Å². The molecule has 0 bridgehead atoms. The third kappa shape index (κ3) is 7.51. The zero-order chi connectivity index (χ0) is 34.2. The van der Waals surface area contributed by atoms with E-state index in [9.17, 15) is 53.8 Å². The smallest absolute Gasteiger partial charge is 0.303 e. The van der Waals surface area contributed by atoms with Crippen LogP contribution in [0.15, 0.2) is 73.4 Å². The molecule has 4 aromatic rings. The minimum atomic E-state index is -5.26. The van der Waals surface area contributed by atoms with Crippen molar-refractivity contribution in [2.45, 2.75) is 27.5 Å². The fourth-order valence-electron chi connectivity index (χ4n) is 4.17. The van der Waals surface area contributed by atoms with Gasteiger partial charge in [0.15, 0.2) is 0 Å². The summed E-state index contributed by atoms with van der Waals surface area (Å²) in [6, 6.07) is 10.4. The number of carbonyl (C=O) groups is 2. The van der Waals surface area contributed by atoms with Crippen LogP contribution in [0, 0.1) is 11.3 Å². The maximum atomic E-state index is 12.3. The summed E-state index contributed by atoms with van der Waals surface area (Å²) in [5.41, 5.74) is 6.20. The van der Waals surface area contributed by atoms with Crippen LogP contribution >= 0.6 is 11.3 Å². The molecule has 1 heterocycles. The number of anilines is 2. The van der Waals surface area contributed by atoms with E-state index < -0.39 is 79.8 Å². The lowest BCUT2D eigenvalue weighted by atomic mass is 10.0. The van der Waals surface area contributed by atoms with Gasteiger partial charge in [-0.1, -0.05) is 23.5 Å². The van der Waals surface area contributed by atoms with Crippen LogP contribution in [0.5, 0.6) is 0 Å². The first-order valence-corrected chi connectivity index (χ1v) is 17.3. The first kappa shape index (κ1) is 34.1. The molecular formula is C25H19N5O12S4. The molecule has 0 atom stereocenters. The Kier molecular flexibility index (Phi) is 9.27. The number of hydrogen-bond donors (Lipinski definition) is 6. The Bertz CT molecular complexity index is 2340. The van der Waals surface area contributed by atoms with Crippen LogP contribution < -0.4 is 11.1 Å². The molecule has 1 amide bonds. The summed E-state index contributed by atoms with van der Waals surface area (Å²) >= 11 is 0.780. The van der Waals surface area contributed by atoms with Crippen molar-refractivity contribution in [3.8, 4) is 17.2 Å². The number of fused-ring (bicyclic) bond motifs is 1. The summed E-state index contributed by atoms with van der Waals surface area (Å²) < 4.78 is 101. The molecule has 21 heteroatoms. The van der Waals surface area contributed by atoms with E-state index in [0.717, 1.165) is 17.4 Å². The van der Waals surface area contributed by atoms with Gasteiger partial charge in [-0.2, -0.15) is 30.5 Å². The molecule has 0 aliphatic heterocycles. The Morgan fingerprint density at radius 2 is 1.50 bits per heavy atom. The van der Waals surface area contributed by atoms with Gasteiger partial charge in [0.2, 0.25) is 5.91 Å². The molecule has 0 aliphatic rings. The van der Waals surface area contributed by atoms with Crippen molar-refractivity contribution < 1.29 is 53.6 Å². The Balaban J connectivity index is 1.89. The van der Waals surface area contributed by atoms with Crippen LogP contribution in [0.1, 0.15) is 18.4 Å². The van der Waals surface area contributed by atoms with E-state index in [2.05, 4.69) is 15.5 Å². The van der Waals surface area contributed by atoms with Crippen LogP contribution in [-0.4, -0.2) is 55.9 Å². The third-order valence-corrected chi connectivity index (χ3v) is 9.61. The number of aliphatic carboxylic acids is 1. The van der Waals surface area contributed by atoms with Gasteiger partial charge in [-0.05, 0) is 42.0 Å². The number of nitrogens with two attached hydrogens (primary N) is 1. The minimum Gasteiger partial charge on any atom is -0.481 e. The van der Waals surface area contributed by atoms with Gasteiger partial charge in [0.1, 0.15) is 25.9 Å². The van der Waals surface area contributed by atoms with Gasteiger partial charge >= 0.3 is 5.97 Å². The van der Waals surface area contributed by atoms with Gasteiger partial charge < -0.3 is 16.2 Å². The van der Waals surface area contributed by atoms with E-state index in [1.54, 1.807) is 0 Å². The third-order valence-electron chi connectivity index (χ3n) is 6.09. The highest BCUT2D eigenvalue weighted by atomic mass is 32.2. The van der Waals surface area contributed by atoms with Gasteiger partial charge in [0.05, 0.1) is 22.6 Å². The Labute approximate surface area is 263 Å². The molecule has 4 rings (SSSR count). The van der Waals surface area contributed by atoms with Crippen LogP contribution in [-0.2, 0) is 39.9 Å². The molecule has 46 heavy (non-hydrogen) atoms. The summed E-state index contributed by atoms with van der Waals surface area (Å²) in [4.78, 5) is 19.6. The average Bonchev–Trinajstić information content (AvgIpc) is 3.27. The molecular weight excluding hydrogens is 691 g/mol. The maximum Gasteiger partial charge on any atom is 0.303 e. The lowest BCUT2D eigenvalue weighted by Crippen LogP contribution is -2.13. The number of carbonyl (C=O) groups excluding carboxylic acids is 1. The Morgan fingerprint density at radius 1 is 0.870 bits per heavy atom. The normalized spacial score (nSPS) is 12.3. The number of nitriles is 1. The van der Waals surface area contributed by atoms with Gasteiger partial charge in [-0.3, -0.25) is 23.2 Å². The lowest BCUT2D eigenvalue weighted by molar-refractivity contribution is -0.138. The number of azo groups is 1. The van der Waals surface area contributed by atoms with E-state index in [1.165, 1.54) is 24.3 Å². The number of carboxylic acids is 1. The lowest BCUT2D eigenvalue weighted by Gasteiger charge is -2.11. The maximum absolute atomic E-state index is 12.3. The number of nitrogen functional groups attached to an aromatic ring is 1. The minimum absolute atomic E-state index is 0.00844. The van der Waals surface area contributed by atoms with Crippen molar-refractivity contribution in [2.75, 3.05) is 11.1 Å². The molecule has 240 valence electrons. The number of rotatable bonds is 10. The molecule has 17 nitrogen and oxygen atoms in total. The summed E-state index contributed by atoms with van der Waals surface area (Å²) in [5, 5.41) is 27.7. The standard InChI is InChI=1S/C25H19N5O12S4/c26-11-18-23(12-2-1-3-13(6-12)28-21(31)4-5-22(32)33)25(43-24(18)27)30-29-14-7-16-17(19(8-14)45(37,38)39)9-15(44(34,35)36)10-20(16)46(40,41)42/h1-3,6-10H,4-5,27H2,(H,28,31)(H,32,33)(H,34,35,36)(H,37,38,39)(H,40,41,42). The number of thiophene rings is 1. The summed E-state index contributed by atoms with van der Waals surface area (Å²) in [5.74, 6) is -1.76. The van der Waals surface area contributed by atoms with E-state index >= 15 is 0 Å². The highest BCUT2D eigenvalue weighted by molar-refractivity contribution is 7.87. The Morgan fingerprint density at radius 3 is 2.09 bits per heavy atom. The van der Waals surface area contributed by atoms with Crippen molar-refractivity contribution in [3.05, 3.63) is 54.1 Å². The number of carboxylic acid groups (broad SMARTS) is 1. The van der Waals surface area contributed by atoms with Crippen molar-refractivity contribution in [3.63, 3.8) is 0 Å². The summed E-state index contributed by atoms with van der Waals surface area (Å²) in [7, 11) is -15.6. The second kappa shape index (κ2) is 12.5. The van der Waals surface area contributed by atoms with Crippen molar-refractivity contribution in [2.24, 2.45) is 10.2 Å². The highest BCUT2D eigenvalue weighted by Gasteiger charge is 2.26. The molecule has 0 fully saturated rings. The SMILES string of the molecule is N#Cc1c(N)sc(N=Nc2cc(S(=O)(=O)O)c3cc(S(=O)(=O)O)cc(S(=O)(=O)O)c3c2)c1-c1cccc(NC(=O)CCC(=O)O)c1. The fourth-order valence-corrected chi connectivity index (χ4v) is 7.08. The number of hydrogen-bond acceptors (Lipinski definition) is 13. The molecule has 0 saturated carbocycles. The molecule has 0 unspecified atom stereocenters. The zero-order valence-electron chi connectivity index (χ0n) is 22.6. The number of nitrogens with zero attached hydrogens (tertiary/aromatic N) is 3. The largest absolute Gasteiger partial charge is 0.481 e. The quantitative estimate of drug-likeness (QED) is 0.100. The first-order valence-electron chi connectivity index (χ1n) is 12.2. The molecule has 0 saturated heterocycles. The number of nitrogens with one attached hydrogen (secondary N) is 1. The van der Waals surface area contributed by atoms with E-state index in [-0.39, 0.29) is 33.2 Å². The Hall–Kier alpha value is -4.82. The molecule has 3 aromatic carbocycles. The van der Waals surface area contributed by atoms with Crippen LogP contribution in [0.4, 0.5) is 21.4 Å². The van der Waals surface area contributed by atoms with Crippen molar-refractivity contribution in [1.29, 1.82) is 5.26 Å². The second-order valence-electron chi connectivity index (χ2n) is 9.24. The molecule has 0 spiro atoms. The van der Waals surface area contributed by atoms with Crippen molar-refractivity contribution >= 4 is 85.7 Å². The zero-order valence-corrected chi connectivity index (χ0v) is 25.9. The van der Waals surface area contributed by atoms with Crippen LogP contribution in [0.2, 0.25) is 0 Å². The predicted molar refractivity (Wildman–Crippen MR) is 162 cm³/mol. The van der Waals surface area contributed by atoms with Crippen molar-refractivity contribution in [1.82, 2.24) is 0 Å². The van der Waals surface area contributed by atoms with Gasteiger partial charge in [0.25, 0.3) is 30.4 Å². The van der Waals surface area contributed by atoms with Gasteiger partial charge in [0, 0.05) is 28.4 Å². The molecule has 7 N–H and O–H groups in total. The second-order valence-corrected chi connectivity index (χ2v) is 14.5. The van der Waals surface area contributed by atoms with Crippen LogP contribution in [0.3, 0.4) is 0 Å². The van der Waals surface area contributed by atoms with Crippen LogP contribution in [0.25, 0.3) is 21.9 Å². The average molecular weight is 710 g/mol. The highest BCUT2D eigenvalue weighted by Crippen LogP contribution is 2.45. The van der Waals surface area contributed by atoms with Gasteiger partial charge in [-0.15, -0.1) is 10.2 Å². The van der Waals surface area contributed by atoms with Gasteiger partial charge in [-0.25, -0.2) is 0 Å².